The molecule has 0 amide bonds. The number of fused-ring (bicyclic) bond motifs is 6. The molecule has 0 atom stereocenters. The first kappa shape index (κ1) is 24.9. The summed E-state index contributed by atoms with van der Waals surface area (Å²) >= 11 is 7.92. The Morgan fingerprint density at radius 3 is 2.65 bits per heavy atom. The number of hydrogen-bond donors (Lipinski definition) is 3. The van der Waals surface area contributed by atoms with Crippen LogP contribution in [0.25, 0.3) is 0 Å². The van der Waals surface area contributed by atoms with E-state index in [1.54, 1.807) is 30.0 Å². The first-order valence-corrected chi connectivity index (χ1v) is 10.8. The highest BCUT2D eigenvalue weighted by molar-refractivity contribution is 7.99. The molecule has 6 bridgehead atoms. The van der Waals surface area contributed by atoms with Gasteiger partial charge < -0.3 is 20.5 Å². The number of carboxylic acid groups (broad SMARTS) is 1. The Kier molecular flexibility index (Phi) is 8.04. The number of rotatable bonds is 0. The maximum Gasteiger partial charge on any atom is 0.490 e. The van der Waals surface area contributed by atoms with Crippen LogP contribution in [0.2, 0.25) is 5.02 Å². The second kappa shape index (κ2) is 11.0. The van der Waals surface area contributed by atoms with E-state index in [1.165, 1.54) is 6.20 Å². The average Bonchev–Trinajstić information content (AvgIpc) is 2.79. The van der Waals surface area contributed by atoms with Crippen LogP contribution in [0.1, 0.15) is 5.56 Å². The molecule has 1 aromatic heterocycles. The SMILES string of the molecule is N#Cc1ccc2cc1OCCSc1cccc(c1)Nc1nc(ncc1Cl)N2.O=C(O)C(F)(F)F. The monoisotopic (exact) mass is 509 g/mol. The number of ether oxygens (including phenoxy) is 1. The first-order chi connectivity index (χ1) is 16.2. The molecule has 2 aromatic carbocycles. The van der Waals surface area contributed by atoms with Crippen LogP contribution in [0, 0.1) is 11.3 Å². The minimum absolute atomic E-state index is 0.387. The molecule has 1 aliphatic rings. The van der Waals surface area contributed by atoms with Gasteiger partial charge >= 0.3 is 12.1 Å². The molecule has 8 nitrogen and oxygen atoms in total. The molecule has 13 heteroatoms. The van der Waals surface area contributed by atoms with Gasteiger partial charge in [0.05, 0.1) is 18.4 Å². The van der Waals surface area contributed by atoms with Crippen LogP contribution in [-0.4, -0.2) is 39.6 Å². The molecule has 0 radical (unpaired) electrons. The molecule has 0 aliphatic carbocycles. The highest BCUT2D eigenvalue weighted by Crippen LogP contribution is 2.30. The van der Waals surface area contributed by atoms with E-state index in [4.69, 9.17) is 26.2 Å². The number of carboxylic acids is 1. The Balaban J connectivity index is 0.000000406. The fourth-order valence-corrected chi connectivity index (χ4v) is 3.49. The Morgan fingerprint density at radius 1 is 1.21 bits per heavy atom. The van der Waals surface area contributed by atoms with Crippen molar-refractivity contribution in [3.63, 3.8) is 0 Å². The standard InChI is InChI=1S/C19H14ClN5OS.C2HF3O2/c20-16-11-22-19-24-14-5-4-12(10-21)17(9-14)26-6-7-27-15-3-1-2-13(8-15)23-18(16)25-19;3-2(4,5)1(6)7/h1-5,8-9,11H,6-7H2,(H2,22,23,24,25);(H,6,7). The van der Waals surface area contributed by atoms with Crippen molar-refractivity contribution >= 4 is 52.5 Å². The second-order valence-electron chi connectivity index (χ2n) is 6.49. The van der Waals surface area contributed by atoms with Crippen molar-refractivity contribution in [1.82, 2.24) is 9.97 Å². The Bertz CT molecular complexity index is 1240. The van der Waals surface area contributed by atoms with Crippen molar-refractivity contribution in [2.45, 2.75) is 11.1 Å². The summed E-state index contributed by atoms with van der Waals surface area (Å²) in [6.07, 6.45) is -3.54. The third-order valence-corrected chi connectivity index (χ3v) is 5.29. The number of anilines is 4. The minimum atomic E-state index is -5.08. The summed E-state index contributed by atoms with van der Waals surface area (Å²) < 4.78 is 37.6. The number of carbonyl (C=O) groups is 1. The summed E-state index contributed by atoms with van der Waals surface area (Å²) in [6.45, 7) is 0.483. The maximum atomic E-state index is 10.6. The smallest absolute Gasteiger partial charge is 0.490 e. The number of benzene rings is 2. The zero-order valence-electron chi connectivity index (χ0n) is 17.1. The van der Waals surface area contributed by atoms with E-state index in [2.05, 4.69) is 26.7 Å². The zero-order chi connectivity index (χ0) is 24.7. The van der Waals surface area contributed by atoms with Gasteiger partial charge in [0.1, 0.15) is 16.8 Å². The van der Waals surface area contributed by atoms with E-state index < -0.39 is 12.1 Å². The molecule has 34 heavy (non-hydrogen) atoms. The summed E-state index contributed by atoms with van der Waals surface area (Å²) in [5.74, 6) is -0.582. The van der Waals surface area contributed by atoms with Gasteiger partial charge in [-0.25, -0.2) is 9.78 Å². The molecule has 0 spiro atoms. The maximum absolute atomic E-state index is 10.6. The summed E-state index contributed by atoms with van der Waals surface area (Å²) in [5.41, 5.74) is 2.09. The van der Waals surface area contributed by atoms with Crippen LogP contribution in [0.3, 0.4) is 0 Å². The van der Waals surface area contributed by atoms with Crippen LogP contribution in [-0.2, 0) is 4.79 Å². The van der Waals surface area contributed by atoms with Crippen molar-refractivity contribution in [1.29, 1.82) is 5.26 Å². The van der Waals surface area contributed by atoms with Gasteiger partial charge in [-0.1, -0.05) is 17.7 Å². The molecular weight excluding hydrogens is 495 g/mol. The number of aliphatic carboxylic acids is 1. The van der Waals surface area contributed by atoms with Crippen LogP contribution in [0.5, 0.6) is 5.75 Å². The van der Waals surface area contributed by atoms with Crippen LogP contribution >= 0.6 is 23.4 Å². The predicted octanol–water partition coefficient (Wildman–Crippen LogP) is 5.61. The molecule has 4 rings (SSSR count). The van der Waals surface area contributed by atoms with E-state index in [0.717, 1.165) is 22.0 Å². The van der Waals surface area contributed by atoms with Gasteiger partial charge in [0, 0.05) is 28.1 Å². The lowest BCUT2D eigenvalue weighted by Crippen LogP contribution is -2.21. The molecule has 3 aromatic rings. The summed E-state index contributed by atoms with van der Waals surface area (Å²) in [5, 5.41) is 23.2. The van der Waals surface area contributed by atoms with E-state index in [9.17, 15) is 18.4 Å². The third-order valence-electron chi connectivity index (χ3n) is 4.05. The lowest BCUT2D eigenvalue weighted by atomic mass is 10.2. The van der Waals surface area contributed by atoms with Gasteiger partial charge in [-0.3, -0.25) is 0 Å². The van der Waals surface area contributed by atoms with Crippen molar-refractivity contribution in [3.05, 3.63) is 59.2 Å². The summed E-state index contributed by atoms with van der Waals surface area (Å²) in [7, 11) is 0. The summed E-state index contributed by atoms with van der Waals surface area (Å²) in [6, 6.07) is 15.4. The molecule has 0 fully saturated rings. The topological polar surface area (TPSA) is 120 Å². The van der Waals surface area contributed by atoms with E-state index in [1.807, 2.05) is 24.3 Å². The van der Waals surface area contributed by atoms with E-state index in [-0.39, 0.29) is 0 Å². The average molecular weight is 510 g/mol. The molecule has 3 N–H and O–H groups in total. The highest BCUT2D eigenvalue weighted by atomic mass is 35.5. The van der Waals surface area contributed by atoms with E-state index in [0.29, 0.717) is 34.7 Å². The number of halogens is 4. The molecule has 2 heterocycles. The lowest BCUT2D eigenvalue weighted by Gasteiger charge is -2.11. The first-order valence-electron chi connectivity index (χ1n) is 9.42. The number of nitrogens with one attached hydrogen (secondary N) is 2. The second-order valence-corrected chi connectivity index (χ2v) is 8.07. The largest absolute Gasteiger partial charge is 0.491 e. The number of alkyl halides is 3. The predicted molar refractivity (Wildman–Crippen MR) is 121 cm³/mol. The van der Waals surface area contributed by atoms with Gasteiger partial charge in [-0.05, 0) is 30.3 Å². The number of hydrogen-bond acceptors (Lipinski definition) is 8. The van der Waals surface area contributed by atoms with Gasteiger partial charge in [0.25, 0.3) is 0 Å². The molecule has 0 saturated carbocycles. The normalized spacial score (nSPS) is 12.7. The number of thioether (sulfide) groups is 1. The van der Waals surface area contributed by atoms with E-state index >= 15 is 0 Å². The Morgan fingerprint density at radius 2 is 1.94 bits per heavy atom. The van der Waals surface area contributed by atoms with Crippen LogP contribution in [0.15, 0.2) is 53.6 Å². The molecular formula is C21H15ClF3N5O3S. The van der Waals surface area contributed by atoms with Crippen molar-refractivity contribution in [3.8, 4) is 11.8 Å². The molecule has 0 unspecified atom stereocenters. The fourth-order valence-electron chi connectivity index (χ4n) is 2.57. The molecule has 176 valence electrons. The third kappa shape index (κ3) is 6.90. The lowest BCUT2D eigenvalue weighted by molar-refractivity contribution is -0.192. The van der Waals surface area contributed by atoms with Gasteiger partial charge in [-0.2, -0.15) is 23.4 Å². The molecule has 1 aliphatic heterocycles. The van der Waals surface area contributed by atoms with Crippen molar-refractivity contribution < 1.29 is 27.8 Å². The van der Waals surface area contributed by atoms with Crippen molar-refractivity contribution in [2.24, 2.45) is 0 Å². The van der Waals surface area contributed by atoms with Crippen LogP contribution in [0.4, 0.5) is 36.3 Å². The fraction of sp³-hybridized carbons (Fsp3) is 0.143. The van der Waals surface area contributed by atoms with Gasteiger partial charge in [0.2, 0.25) is 5.95 Å². The van der Waals surface area contributed by atoms with Crippen LogP contribution < -0.4 is 15.4 Å². The zero-order valence-corrected chi connectivity index (χ0v) is 18.6. The summed E-state index contributed by atoms with van der Waals surface area (Å²) in [4.78, 5) is 18.7. The number of nitrogens with zero attached hydrogens (tertiary/aromatic N) is 3. The number of aromatic nitrogens is 2. The molecule has 0 saturated heterocycles. The number of nitriles is 1. The Hall–Kier alpha value is -3.69. The quantitative estimate of drug-likeness (QED) is 0.355. The van der Waals surface area contributed by atoms with Crippen molar-refractivity contribution in [2.75, 3.05) is 23.0 Å². The minimum Gasteiger partial charge on any atom is -0.491 e. The van der Waals surface area contributed by atoms with Gasteiger partial charge in [0.15, 0.2) is 5.82 Å². The highest BCUT2D eigenvalue weighted by Gasteiger charge is 2.38. The van der Waals surface area contributed by atoms with Gasteiger partial charge in [-0.15, -0.1) is 11.8 Å². The Labute approximate surface area is 200 Å².